The second kappa shape index (κ2) is 4.77. The van der Waals surface area contributed by atoms with Gasteiger partial charge in [0.05, 0.1) is 5.92 Å². The van der Waals surface area contributed by atoms with E-state index in [9.17, 15) is 4.79 Å². The molecule has 2 atom stereocenters. The standard InChI is InChI=1S/C9H10N2O2.C2H6/c10-8-2-1-5(4-11-8)6-3-7(6)9(12)13;1-2/h1-2,4,6-7H,3H2,(H2,10,11)(H,12,13);1-2H3/t6-,7?;/m1./s1. The normalized spacial score (nSPS) is 22.5. The number of rotatable bonds is 2. The number of hydrogen-bond acceptors (Lipinski definition) is 3. The van der Waals surface area contributed by atoms with Crippen LogP contribution in [0, 0.1) is 5.92 Å². The van der Waals surface area contributed by atoms with E-state index < -0.39 is 5.97 Å². The Morgan fingerprint density at radius 2 is 2.20 bits per heavy atom. The summed E-state index contributed by atoms with van der Waals surface area (Å²) in [6.07, 6.45) is 2.38. The van der Waals surface area contributed by atoms with Crippen molar-refractivity contribution in [1.82, 2.24) is 4.98 Å². The molecule has 0 aliphatic heterocycles. The summed E-state index contributed by atoms with van der Waals surface area (Å²) in [5.41, 5.74) is 6.39. The zero-order chi connectivity index (χ0) is 11.4. The van der Waals surface area contributed by atoms with Gasteiger partial charge >= 0.3 is 5.97 Å². The highest BCUT2D eigenvalue weighted by atomic mass is 16.4. The summed E-state index contributed by atoms with van der Waals surface area (Å²) in [6, 6.07) is 3.54. The lowest BCUT2D eigenvalue weighted by Gasteiger charge is -1.97. The molecule has 1 aromatic rings. The average Bonchev–Trinajstić information content (AvgIpc) is 3.02. The Morgan fingerprint density at radius 1 is 1.53 bits per heavy atom. The largest absolute Gasteiger partial charge is 0.481 e. The number of carboxylic acid groups (broad SMARTS) is 1. The fourth-order valence-electron chi connectivity index (χ4n) is 1.47. The van der Waals surface area contributed by atoms with E-state index >= 15 is 0 Å². The summed E-state index contributed by atoms with van der Waals surface area (Å²) >= 11 is 0. The third-order valence-corrected chi connectivity index (χ3v) is 2.35. The molecule has 0 aromatic carbocycles. The van der Waals surface area contributed by atoms with Crippen LogP contribution in [0.25, 0.3) is 0 Å². The van der Waals surface area contributed by atoms with E-state index in [1.165, 1.54) is 0 Å². The molecule has 0 spiro atoms. The first kappa shape index (κ1) is 11.5. The molecule has 4 nitrogen and oxygen atoms in total. The molecule has 15 heavy (non-hydrogen) atoms. The maximum Gasteiger partial charge on any atom is 0.307 e. The van der Waals surface area contributed by atoms with Crippen LogP contribution in [0.1, 0.15) is 31.7 Å². The first-order valence-corrected chi connectivity index (χ1v) is 5.12. The average molecular weight is 208 g/mol. The lowest BCUT2D eigenvalue weighted by Crippen LogP contribution is -1.99. The molecule has 1 aliphatic rings. The van der Waals surface area contributed by atoms with Gasteiger partial charge in [-0.25, -0.2) is 4.98 Å². The van der Waals surface area contributed by atoms with Crippen LogP contribution >= 0.6 is 0 Å². The number of nitrogens with zero attached hydrogens (tertiary/aromatic N) is 1. The van der Waals surface area contributed by atoms with Crippen LogP contribution in [0.2, 0.25) is 0 Å². The third-order valence-electron chi connectivity index (χ3n) is 2.35. The number of anilines is 1. The predicted molar refractivity (Wildman–Crippen MR) is 58.5 cm³/mol. The van der Waals surface area contributed by atoms with Gasteiger partial charge in [0, 0.05) is 6.20 Å². The van der Waals surface area contributed by atoms with Crippen LogP contribution in [0.15, 0.2) is 18.3 Å². The first-order valence-electron chi connectivity index (χ1n) is 5.12. The highest BCUT2D eigenvalue weighted by Crippen LogP contribution is 2.47. The minimum atomic E-state index is -0.721. The second-order valence-electron chi connectivity index (χ2n) is 3.30. The molecular weight excluding hydrogens is 192 g/mol. The van der Waals surface area contributed by atoms with Crippen LogP contribution in [0.4, 0.5) is 5.82 Å². The van der Waals surface area contributed by atoms with E-state index in [1.54, 1.807) is 12.3 Å². The highest BCUT2D eigenvalue weighted by Gasteiger charge is 2.44. The van der Waals surface area contributed by atoms with Gasteiger partial charge in [-0.05, 0) is 24.0 Å². The third kappa shape index (κ3) is 2.68. The Balaban J connectivity index is 0.000000531. The van der Waals surface area contributed by atoms with Crippen molar-refractivity contribution < 1.29 is 9.90 Å². The molecule has 2 rings (SSSR count). The van der Waals surface area contributed by atoms with Gasteiger partial charge in [0.15, 0.2) is 0 Å². The molecule has 0 amide bonds. The van der Waals surface area contributed by atoms with Gasteiger partial charge in [0.2, 0.25) is 0 Å². The smallest absolute Gasteiger partial charge is 0.307 e. The molecule has 0 saturated heterocycles. The fourth-order valence-corrected chi connectivity index (χ4v) is 1.47. The number of nitrogens with two attached hydrogens (primary N) is 1. The van der Waals surface area contributed by atoms with Crippen LogP contribution in [-0.4, -0.2) is 16.1 Å². The van der Waals surface area contributed by atoms with Gasteiger partial charge in [-0.1, -0.05) is 19.9 Å². The first-order chi connectivity index (χ1) is 7.18. The molecule has 0 radical (unpaired) electrons. The number of nitrogen functional groups attached to an aromatic ring is 1. The topological polar surface area (TPSA) is 76.2 Å². The Kier molecular flexibility index (Phi) is 3.66. The van der Waals surface area contributed by atoms with E-state index in [2.05, 4.69) is 4.98 Å². The maximum atomic E-state index is 10.6. The Bertz CT molecular complexity index is 335. The zero-order valence-corrected chi connectivity index (χ0v) is 8.97. The molecule has 4 heteroatoms. The minimum absolute atomic E-state index is 0.144. The van der Waals surface area contributed by atoms with Crippen molar-refractivity contribution in [3.8, 4) is 0 Å². The summed E-state index contributed by atoms with van der Waals surface area (Å²) in [5, 5.41) is 8.69. The maximum absolute atomic E-state index is 10.6. The molecule has 1 saturated carbocycles. The van der Waals surface area contributed by atoms with Gasteiger partial charge in [0.25, 0.3) is 0 Å². The number of aliphatic carboxylic acids is 1. The Morgan fingerprint density at radius 3 is 2.60 bits per heavy atom. The second-order valence-corrected chi connectivity index (χ2v) is 3.30. The predicted octanol–water partition coefficient (Wildman–Crippen LogP) is 1.88. The summed E-state index contributed by atoms with van der Waals surface area (Å²) < 4.78 is 0. The van der Waals surface area contributed by atoms with Gasteiger partial charge in [0.1, 0.15) is 5.82 Å². The quantitative estimate of drug-likeness (QED) is 0.778. The van der Waals surface area contributed by atoms with Gasteiger partial charge in [-0.2, -0.15) is 0 Å². The fraction of sp³-hybridized carbons (Fsp3) is 0.455. The van der Waals surface area contributed by atoms with E-state index in [0.29, 0.717) is 5.82 Å². The molecule has 82 valence electrons. The molecular formula is C11H16N2O2. The molecule has 3 N–H and O–H groups in total. The lowest BCUT2D eigenvalue weighted by atomic mass is 10.1. The number of pyridine rings is 1. The van der Waals surface area contributed by atoms with Gasteiger partial charge in [-0.3, -0.25) is 4.79 Å². The number of carboxylic acids is 1. The summed E-state index contributed by atoms with van der Waals surface area (Å²) in [5.74, 6) is -0.325. The van der Waals surface area contributed by atoms with Crippen LogP contribution in [-0.2, 0) is 4.79 Å². The van der Waals surface area contributed by atoms with Crippen molar-refractivity contribution in [2.24, 2.45) is 5.92 Å². The Hall–Kier alpha value is -1.58. The van der Waals surface area contributed by atoms with Crippen molar-refractivity contribution in [2.45, 2.75) is 26.2 Å². The monoisotopic (exact) mass is 208 g/mol. The van der Waals surface area contributed by atoms with Gasteiger partial charge < -0.3 is 10.8 Å². The van der Waals surface area contributed by atoms with Crippen molar-refractivity contribution in [3.05, 3.63) is 23.9 Å². The Labute approximate surface area is 89.1 Å². The molecule has 1 unspecified atom stereocenters. The lowest BCUT2D eigenvalue weighted by molar-refractivity contribution is -0.138. The number of carbonyl (C=O) groups is 1. The van der Waals surface area contributed by atoms with Gasteiger partial charge in [-0.15, -0.1) is 0 Å². The summed E-state index contributed by atoms with van der Waals surface area (Å²) in [6.45, 7) is 4.00. The van der Waals surface area contributed by atoms with E-state index in [4.69, 9.17) is 10.8 Å². The van der Waals surface area contributed by atoms with E-state index in [0.717, 1.165) is 12.0 Å². The molecule has 1 aliphatic carbocycles. The number of aromatic nitrogens is 1. The van der Waals surface area contributed by atoms with Crippen molar-refractivity contribution in [2.75, 3.05) is 5.73 Å². The summed E-state index contributed by atoms with van der Waals surface area (Å²) in [4.78, 5) is 14.5. The molecule has 1 heterocycles. The van der Waals surface area contributed by atoms with Crippen LogP contribution in [0.5, 0.6) is 0 Å². The molecule has 1 fully saturated rings. The SMILES string of the molecule is CC.Nc1ccc([C@H]2CC2C(=O)O)cn1. The minimum Gasteiger partial charge on any atom is -0.481 e. The highest BCUT2D eigenvalue weighted by molar-refractivity contribution is 5.75. The van der Waals surface area contributed by atoms with Crippen molar-refractivity contribution >= 4 is 11.8 Å². The molecule has 1 aromatic heterocycles. The van der Waals surface area contributed by atoms with E-state index in [-0.39, 0.29) is 11.8 Å². The van der Waals surface area contributed by atoms with Crippen molar-refractivity contribution in [1.29, 1.82) is 0 Å². The molecule has 0 bridgehead atoms. The van der Waals surface area contributed by atoms with Crippen molar-refractivity contribution in [3.63, 3.8) is 0 Å². The zero-order valence-electron chi connectivity index (χ0n) is 8.97. The van der Waals surface area contributed by atoms with E-state index in [1.807, 2.05) is 19.9 Å². The van der Waals surface area contributed by atoms with Crippen LogP contribution < -0.4 is 5.73 Å². The summed E-state index contributed by atoms with van der Waals surface area (Å²) in [7, 11) is 0. The number of hydrogen-bond donors (Lipinski definition) is 2. The van der Waals surface area contributed by atoms with Crippen LogP contribution in [0.3, 0.4) is 0 Å².